The van der Waals surface area contributed by atoms with E-state index in [2.05, 4.69) is 20.6 Å². The molecule has 28 heavy (non-hydrogen) atoms. The van der Waals surface area contributed by atoms with Crippen LogP contribution in [0.5, 0.6) is 0 Å². The Morgan fingerprint density at radius 3 is 2.25 bits per heavy atom. The molecule has 0 spiro atoms. The van der Waals surface area contributed by atoms with Crippen LogP contribution in [-0.2, 0) is 13.0 Å². The van der Waals surface area contributed by atoms with Crippen LogP contribution in [0.1, 0.15) is 32.1 Å². The van der Waals surface area contributed by atoms with Crippen LogP contribution >= 0.6 is 11.6 Å². The normalized spacial score (nSPS) is 10.3. The summed E-state index contributed by atoms with van der Waals surface area (Å²) in [6, 6.07) is 15.9. The summed E-state index contributed by atoms with van der Waals surface area (Å²) in [4.78, 5) is 32.8. The Kier molecular flexibility index (Phi) is 6.70. The van der Waals surface area contributed by atoms with Gasteiger partial charge < -0.3 is 10.6 Å². The molecule has 0 radical (unpaired) electrons. The van der Waals surface area contributed by atoms with Crippen molar-refractivity contribution in [2.45, 2.75) is 13.0 Å². The maximum absolute atomic E-state index is 12.3. The van der Waals surface area contributed by atoms with Gasteiger partial charge in [-0.05, 0) is 47.9 Å². The minimum atomic E-state index is -0.348. The van der Waals surface area contributed by atoms with Crippen LogP contribution in [0.2, 0.25) is 5.02 Å². The Balaban J connectivity index is 1.53. The molecule has 2 heterocycles. The second-order valence-electron chi connectivity index (χ2n) is 6.08. The van der Waals surface area contributed by atoms with Gasteiger partial charge >= 0.3 is 0 Å². The number of aromatic nitrogens is 2. The average Bonchev–Trinajstić information content (AvgIpc) is 2.74. The summed E-state index contributed by atoms with van der Waals surface area (Å²) in [5, 5.41) is 6.25. The molecule has 3 rings (SSSR count). The van der Waals surface area contributed by atoms with Gasteiger partial charge in [-0.3, -0.25) is 14.6 Å². The van der Waals surface area contributed by atoms with Crippen molar-refractivity contribution in [1.82, 2.24) is 20.6 Å². The molecule has 0 aliphatic heterocycles. The minimum Gasteiger partial charge on any atom is -0.350 e. The summed E-state index contributed by atoms with van der Waals surface area (Å²) in [7, 11) is 0. The summed E-state index contributed by atoms with van der Waals surface area (Å²) < 4.78 is 0. The van der Waals surface area contributed by atoms with Crippen molar-refractivity contribution in [3.63, 3.8) is 0 Å². The average molecular weight is 395 g/mol. The van der Waals surface area contributed by atoms with Gasteiger partial charge in [-0.25, -0.2) is 4.98 Å². The molecule has 0 saturated heterocycles. The lowest BCUT2D eigenvalue weighted by Crippen LogP contribution is -2.28. The molecule has 0 bridgehead atoms. The van der Waals surface area contributed by atoms with Gasteiger partial charge in [0, 0.05) is 30.5 Å². The number of carbonyl (C=O) groups is 2. The predicted octanol–water partition coefficient (Wildman–Crippen LogP) is 3.03. The number of halogens is 1. The molecule has 0 aliphatic rings. The zero-order valence-electron chi connectivity index (χ0n) is 15.1. The maximum Gasteiger partial charge on any atom is 0.270 e. The summed E-state index contributed by atoms with van der Waals surface area (Å²) >= 11 is 5.86. The van der Waals surface area contributed by atoms with Crippen LogP contribution < -0.4 is 10.6 Å². The van der Waals surface area contributed by atoms with Crippen molar-refractivity contribution in [3.05, 3.63) is 94.5 Å². The molecule has 3 aromatic rings. The van der Waals surface area contributed by atoms with Crippen molar-refractivity contribution < 1.29 is 9.59 Å². The monoisotopic (exact) mass is 394 g/mol. The van der Waals surface area contributed by atoms with Gasteiger partial charge in [0.05, 0.1) is 0 Å². The van der Waals surface area contributed by atoms with Gasteiger partial charge in [0.2, 0.25) is 0 Å². The zero-order valence-corrected chi connectivity index (χ0v) is 15.8. The van der Waals surface area contributed by atoms with E-state index >= 15 is 0 Å². The van der Waals surface area contributed by atoms with E-state index in [9.17, 15) is 9.59 Å². The topological polar surface area (TPSA) is 84.0 Å². The van der Waals surface area contributed by atoms with Gasteiger partial charge in [0.1, 0.15) is 11.4 Å². The van der Waals surface area contributed by atoms with Crippen LogP contribution in [0.15, 0.2) is 67.0 Å². The van der Waals surface area contributed by atoms with Crippen LogP contribution in [-0.4, -0.2) is 28.3 Å². The highest BCUT2D eigenvalue weighted by molar-refractivity contribution is 6.30. The largest absolute Gasteiger partial charge is 0.350 e. The first kappa shape index (κ1) is 19.5. The summed E-state index contributed by atoms with van der Waals surface area (Å²) in [5.41, 5.74) is 2.34. The second kappa shape index (κ2) is 9.62. The van der Waals surface area contributed by atoms with Gasteiger partial charge in [0.15, 0.2) is 0 Å². The Bertz CT molecular complexity index is 946. The molecule has 2 aromatic heterocycles. The first-order chi connectivity index (χ1) is 13.6. The summed E-state index contributed by atoms with van der Waals surface area (Å²) in [6.07, 6.45) is 4.02. The lowest BCUT2D eigenvalue weighted by atomic mass is 10.1. The number of nitrogens with one attached hydrogen (secondary N) is 2. The molecule has 2 N–H and O–H groups in total. The highest BCUT2D eigenvalue weighted by Crippen LogP contribution is 2.09. The highest BCUT2D eigenvalue weighted by Gasteiger charge is 2.12. The Morgan fingerprint density at radius 1 is 0.857 bits per heavy atom. The van der Waals surface area contributed by atoms with Gasteiger partial charge in [0.25, 0.3) is 11.8 Å². The molecule has 0 fully saturated rings. The number of hydrogen-bond acceptors (Lipinski definition) is 4. The summed E-state index contributed by atoms with van der Waals surface area (Å²) in [5.74, 6) is -0.671. The number of nitrogens with zero attached hydrogens (tertiary/aromatic N) is 2. The van der Waals surface area contributed by atoms with E-state index in [4.69, 9.17) is 11.6 Å². The van der Waals surface area contributed by atoms with Crippen molar-refractivity contribution in [3.8, 4) is 0 Å². The number of benzene rings is 1. The quantitative estimate of drug-likeness (QED) is 0.645. The molecule has 142 valence electrons. The van der Waals surface area contributed by atoms with Crippen molar-refractivity contribution in [2.75, 3.05) is 6.54 Å². The third-order valence-corrected chi connectivity index (χ3v) is 4.25. The fourth-order valence-electron chi connectivity index (χ4n) is 2.53. The van der Waals surface area contributed by atoms with Gasteiger partial charge in [-0.2, -0.15) is 0 Å². The zero-order chi connectivity index (χ0) is 19.8. The molecule has 0 aliphatic carbocycles. The lowest BCUT2D eigenvalue weighted by molar-refractivity contribution is 0.0943. The number of pyridine rings is 2. The predicted molar refractivity (Wildman–Crippen MR) is 107 cm³/mol. The van der Waals surface area contributed by atoms with Crippen LogP contribution in [0.4, 0.5) is 0 Å². The maximum atomic E-state index is 12.3. The third kappa shape index (κ3) is 5.62. The fraction of sp³-hybridized carbons (Fsp3) is 0.143. The van der Waals surface area contributed by atoms with E-state index < -0.39 is 0 Å². The van der Waals surface area contributed by atoms with E-state index in [1.807, 2.05) is 30.3 Å². The van der Waals surface area contributed by atoms with E-state index in [-0.39, 0.29) is 23.2 Å². The molecule has 2 amide bonds. The molecule has 0 saturated carbocycles. The van der Waals surface area contributed by atoms with Crippen molar-refractivity contribution >= 4 is 23.4 Å². The van der Waals surface area contributed by atoms with Gasteiger partial charge in [-0.15, -0.1) is 0 Å². The lowest BCUT2D eigenvalue weighted by Gasteiger charge is -2.07. The smallest absolute Gasteiger partial charge is 0.270 e. The number of carbonyl (C=O) groups excluding carboxylic acids is 2. The number of rotatable bonds is 7. The Labute approximate surface area is 168 Å². The molecule has 0 atom stereocenters. The standard InChI is InChI=1S/C21H19ClN4O2/c22-17-8-6-15(7-9-17)10-12-24-20(27)18-4-1-5-19(26-18)21(28)25-14-16-3-2-11-23-13-16/h1-9,11,13H,10,12,14H2,(H,24,27)(H,25,28). The van der Waals surface area contributed by atoms with Crippen molar-refractivity contribution in [1.29, 1.82) is 0 Å². The highest BCUT2D eigenvalue weighted by atomic mass is 35.5. The molecule has 1 aromatic carbocycles. The Hall–Kier alpha value is -3.25. The molecule has 0 unspecified atom stereocenters. The third-order valence-electron chi connectivity index (χ3n) is 4.00. The number of amides is 2. The summed E-state index contributed by atoms with van der Waals surface area (Å²) in [6.45, 7) is 0.797. The molecular weight excluding hydrogens is 376 g/mol. The molecule has 6 nitrogen and oxygen atoms in total. The van der Waals surface area contributed by atoms with E-state index in [1.165, 1.54) is 0 Å². The van der Waals surface area contributed by atoms with E-state index in [0.717, 1.165) is 11.1 Å². The van der Waals surface area contributed by atoms with Crippen LogP contribution in [0, 0.1) is 0 Å². The fourth-order valence-corrected chi connectivity index (χ4v) is 2.65. The van der Waals surface area contributed by atoms with E-state index in [0.29, 0.717) is 24.5 Å². The Morgan fingerprint density at radius 2 is 1.57 bits per heavy atom. The second-order valence-corrected chi connectivity index (χ2v) is 6.52. The SMILES string of the molecule is O=C(NCCc1ccc(Cl)cc1)c1cccc(C(=O)NCc2cccnc2)n1. The van der Waals surface area contributed by atoms with Crippen LogP contribution in [0.3, 0.4) is 0 Å². The van der Waals surface area contributed by atoms with Gasteiger partial charge in [-0.1, -0.05) is 35.9 Å². The number of hydrogen-bond donors (Lipinski definition) is 2. The molecule has 7 heteroatoms. The first-order valence-electron chi connectivity index (χ1n) is 8.78. The van der Waals surface area contributed by atoms with Crippen LogP contribution in [0.25, 0.3) is 0 Å². The first-order valence-corrected chi connectivity index (χ1v) is 9.16. The van der Waals surface area contributed by atoms with Crippen molar-refractivity contribution in [2.24, 2.45) is 0 Å². The molecular formula is C21H19ClN4O2. The minimum absolute atomic E-state index is 0.189. The van der Waals surface area contributed by atoms with E-state index in [1.54, 1.807) is 36.7 Å².